The predicted octanol–water partition coefficient (Wildman–Crippen LogP) is -0.204. The molecule has 0 aliphatic heterocycles. The average molecular weight is 292 g/mol. The topological polar surface area (TPSA) is 108 Å². The van der Waals surface area contributed by atoms with E-state index in [1.165, 1.54) is 19.0 Å². The van der Waals surface area contributed by atoms with E-state index < -0.39 is 5.92 Å². The number of amidine groups is 1. The first-order valence-electron chi connectivity index (χ1n) is 6.46. The van der Waals surface area contributed by atoms with Gasteiger partial charge in [-0.25, -0.2) is 0 Å². The molecule has 0 saturated heterocycles. The third-order valence-corrected chi connectivity index (χ3v) is 3.09. The minimum atomic E-state index is -0.813. The molecular formula is C14H20N4O3. The Bertz CT molecular complexity index is 516. The van der Waals surface area contributed by atoms with Crippen molar-refractivity contribution in [2.24, 2.45) is 16.8 Å². The van der Waals surface area contributed by atoms with E-state index in [0.717, 1.165) is 5.56 Å². The number of nitrogens with two attached hydrogens (primary N) is 1. The number of oxime groups is 1. The number of nitrogens with zero attached hydrogens (tertiary/aromatic N) is 2. The average Bonchev–Trinajstić information content (AvgIpc) is 2.51. The van der Waals surface area contributed by atoms with Crippen LogP contribution in [0.5, 0.6) is 0 Å². The SMILES string of the molecule is CNC(=O)CN(C)C(=O)C(Cc1ccccc1)C(N)=NO. The predicted molar refractivity (Wildman–Crippen MR) is 78.7 cm³/mol. The summed E-state index contributed by atoms with van der Waals surface area (Å²) < 4.78 is 0. The summed E-state index contributed by atoms with van der Waals surface area (Å²) in [6.45, 7) is -0.0840. The van der Waals surface area contributed by atoms with E-state index >= 15 is 0 Å². The molecule has 0 radical (unpaired) electrons. The molecule has 0 aromatic heterocycles. The fraction of sp³-hybridized carbons (Fsp3) is 0.357. The monoisotopic (exact) mass is 292 g/mol. The van der Waals surface area contributed by atoms with Crippen LogP contribution in [0.25, 0.3) is 0 Å². The summed E-state index contributed by atoms with van der Waals surface area (Å²) in [4.78, 5) is 25.0. The van der Waals surface area contributed by atoms with Gasteiger partial charge in [0.15, 0.2) is 5.84 Å². The van der Waals surface area contributed by atoms with E-state index in [1.54, 1.807) is 0 Å². The molecular weight excluding hydrogens is 272 g/mol. The lowest BCUT2D eigenvalue weighted by Crippen LogP contribution is -2.44. The molecule has 0 aliphatic carbocycles. The fourth-order valence-electron chi connectivity index (χ4n) is 1.88. The number of hydrogen-bond donors (Lipinski definition) is 3. The van der Waals surface area contributed by atoms with E-state index in [9.17, 15) is 9.59 Å². The Morgan fingerprint density at radius 1 is 1.38 bits per heavy atom. The zero-order valence-corrected chi connectivity index (χ0v) is 12.1. The van der Waals surface area contributed by atoms with Gasteiger partial charge in [-0.1, -0.05) is 35.5 Å². The van der Waals surface area contributed by atoms with Crippen LogP contribution in [-0.4, -0.2) is 48.4 Å². The van der Waals surface area contributed by atoms with E-state index in [4.69, 9.17) is 10.9 Å². The molecule has 0 saturated carbocycles. The van der Waals surface area contributed by atoms with E-state index in [-0.39, 0.29) is 24.2 Å². The number of rotatable bonds is 6. The molecule has 4 N–H and O–H groups in total. The summed E-state index contributed by atoms with van der Waals surface area (Å²) in [6, 6.07) is 9.25. The van der Waals surface area contributed by atoms with Gasteiger partial charge in [0.25, 0.3) is 0 Å². The Kier molecular flexibility index (Phi) is 6.19. The van der Waals surface area contributed by atoms with Gasteiger partial charge < -0.3 is 21.2 Å². The lowest BCUT2D eigenvalue weighted by atomic mass is 9.97. The number of carbonyl (C=O) groups is 2. The van der Waals surface area contributed by atoms with Crippen LogP contribution in [0.4, 0.5) is 0 Å². The van der Waals surface area contributed by atoms with Crippen LogP contribution in [-0.2, 0) is 16.0 Å². The first-order valence-corrected chi connectivity index (χ1v) is 6.46. The number of carbonyl (C=O) groups excluding carboxylic acids is 2. The lowest BCUT2D eigenvalue weighted by Gasteiger charge is -2.22. The van der Waals surface area contributed by atoms with Crippen LogP contribution in [0, 0.1) is 5.92 Å². The molecule has 1 aromatic carbocycles. The van der Waals surface area contributed by atoms with Crippen LogP contribution in [0.2, 0.25) is 0 Å². The summed E-state index contributed by atoms with van der Waals surface area (Å²) in [5, 5.41) is 14.2. The summed E-state index contributed by atoms with van der Waals surface area (Å²) in [6.07, 6.45) is 0.299. The lowest BCUT2D eigenvalue weighted by molar-refractivity contribution is -0.136. The van der Waals surface area contributed by atoms with Crippen LogP contribution in [0.3, 0.4) is 0 Å². The van der Waals surface area contributed by atoms with Crippen molar-refractivity contribution in [3.8, 4) is 0 Å². The molecule has 1 rings (SSSR count). The van der Waals surface area contributed by atoms with Gasteiger partial charge >= 0.3 is 0 Å². The van der Waals surface area contributed by atoms with Gasteiger partial charge in [0, 0.05) is 14.1 Å². The largest absolute Gasteiger partial charge is 0.409 e. The zero-order chi connectivity index (χ0) is 15.8. The maximum atomic E-state index is 12.4. The normalized spacial score (nSPS) is 12.6. The Balaban J connectivity index is 2.87. The van der Waals surface area contributed by atoms with Gasteiger partial charge in [0.05, 0.1) is 6.54 Å². The second-order valence-corrected chi connectivity index (χ2v) is 4.63. The zero-order valence-electron chi connectivity index (χ0n) is 12.1. The second kappa shape index (κ2) is 7.88. The molecule has 0 fully saturated rings. The van der Waals surface area contributed by atoms with Gasteiger partial charge in [-0.05, 0) is 12.0 Å². The van der Waals surface area contributed by atoms with Crippen LogP contribution in [0.15, 0.2) is 35.5 Å². The summed E-state index contributed by atoms with van der Waals surface area (Å²) in [7, 11) is 2.99. The van der Waals surface area contributed by atoms with Crippen molar-refractivity contribution >= 4 is 17.6 Å². The maximum Gasteiger partial charge on any atom is 0.239 e. The standard InChI is InChI=1S/C14H20N4O3/c1-16-12(19)9-18(2)14(20)11(13(15)17-21)8-10-6-4-3-5-7-10/h3-7,11,21H,8-9H2,1-2H3,(H2,15,17)(H,16,19). The van der Waals surface area contributed by atoms with E-state index in [1.807, 2.05) is 30.3 Å². The van der Waals surface area contributed by atoms with Crippen molar-refractivity contribution in [3.63, 3.8) is 0 Å². The fourth-order valence-corrected chi connectivity index (χ4v) is 1.88. The van der Waals surface area contributed by atoms with E-state index in [2.05, 4.69) is 10.5 Å². The van der Waals surface area contributed by atoms with E-state index in [0.29, 0.717) is 6.42 Å². The molecule has 0 heterocycles. The summed E-state index contributed by atoms with van der Waals surface area (Å²) in [5.41, 5.74) is 6.50. The Morgan fingerprint density at radius 2 is 2.00 bits per heavy atom. The number of nitrogens with one attached hydrogen (secondary N) is 1. The quantitative estimate of drug-likeness (QED) is 0.292. The molecule has 1 atom stereocenters. The number of hydrogen-bond acceptors (Lipinski definition) is 4. The highest BCUT2D eigenvalue weighted by Gasteiger charge is 2.27. The van der Waals surface area contributed by atoms with Crippen molar-refractivity contribution in [2.75, 3.05) is 20.6 Å². The number of benzene rings is 1. The highest BCUT2D eigenvalue weighted by atomic mass is 16.4. The van der Waals surface area contributed by atoms with Crippen LogP contribution in [0.1, 0.15) is 5.56 Å². The first kappa shape index (κ1) is 16.5. The first-order chi connectivity index (χ1) is 9.99. The molecule has 0 aliphatic rings. The molecule has 1 aromatic rings. The smallest absolute Gasteiger partial charge is 0.239 e. The molecule has 0 bridgehead atoms. The third-order valence-electron chi connectivity index (χ3n) is 3.09. The maximum absolute atomic E-state index is 12.4. The van der Waals surface area contributed by atoms with Crippen LogP contribution >= 0.6 is 0 Å². The van der Waals surface area contributed by atoms with Gasteiger partial charge in [-0.3, -0.25) is 9.59 Å². The van der Waals surface area contributed by atoms with Crippen molar-refractivity contribution in [2.45, 2.75) is 6.42 Å². The molecule has 114 valence electrons. The second-order valence-electron chi connectivity index (χ2n) is 4.63. The van der Waals surface area contributed by atoms with Gasteiger partial charge in [0.2, 0.25) is 11.8 Å². The molecule has 1 unspecified atom stereocenters. The highest BCUT2D eigenvalue weighted by Crippen LogP contribution is 2.12. The Labute approximate surface area is 123 Å². The molecule has 0 spiro atoms. The van der Waals surface area contributed by atoms with Gasteiger partial charge in [-0.2, -0.15) is 0 Å². The van der Waals surface area contributed by atoms with Gasteiger partial charge in [0.1, 0.15) is 5.92 Å². The van der Waals surface area contributed by atoms with Crippen molar-refractivity contribution in [3.05, 3.63) is 35.9 Å². The minimum Gasteiger partial charge on any atom is -0.409 e. The molecule has 7 nitrogen and oxygen atoms in total. The number of amides is 2. The third kappa shape index (κ3) is 4.79. The molecule has 7 heteroatoms. The van der Waals surface area contributed by atoms with Crippen LogP contribution < -0.4 is 11.1 Å². The molecule has 2 amide bonds. The van der Waals surface area contributed by atoms with Crippen molar-refractivity contribution in [1.29, 1.82) is 0 Å². The van der Waals surface area contributed by atoms with Crippen molar-refractivity contribution < 1.29 is 14.8 Å². The highest BCUT2D eigenvalue weighted by molar-refractivity contribution is 6.03. The summed E-state index contributed by atoms with van der Waals surface area (Å²) in [5.74, 6) is -1.65. The molecule has 21 heavy (non-hydrogen) atoms. The summed E-state index contributed by atoms with van der Waals surface area (Å²) >= 11 is 0. The Morgan fingerprint density at radius 3 is 2.52 bits per heavy atom. The van der Waals surface area contributed by atoms with Crippen molar-refractivity contribution in [1.82, 2.24) is 10.2 Å². The van der Waals surface area contributed by atoms with Gasteiger partial charge in [-0.15, -0.1) is 0 Å². The minimum absolute atomic E-state index is 0.0840. The number of likely N-dealkylation sites (N-methyl/N-ethyl adjacent to an activating group) is 2. The Hall–Kier alpha value is -2.57.